The zero-order chi connectivity index (χ0) is 13.5. The Kier molecular flexibility index (Phi) is 5.80. The maximum absolute atomic E-state index is 12.2. The van der Waals surface area contributed by atoms with Gasteiger partial charge >= 0.3 is 5.97 Å². The van der Waals surface area contributed by atoms with Crippen molar-refractivity contribution in [3.8, 4) is 0 Å². The third-order valence-electron chi connectivity index (χ3n) is 2.51. The predicted octanol–water partition coefficient (Wildman–Crippen LogP) is 1.83. The van der Waals surface area contributed by atoms with Crippen LogP contribution in [0.15, 0.2) is 11.4 Å². The molecule has 0 aromatic carbocycles. The number of hydrogen-bond acceptors (Lipinski definition) is 4. The van der Waals surface area contributed by atoms with E-state index < -0.39 is 5.97 Å². The van der Waals surface area contributed by atoms with Crippen LogP contribution in [-0.2, 0) is 16.1 Å². The summed E-state index contributed by atoms with van der Waals surface area (Å²) in [6.07, 6.45) is -0.0371. The van der Waals surface area contributed by atoms with Crippen LogP contribution in [0.1, 0.15) is 28.6 Å². The van der Waals surface area contributed by atoms with Gasteiger partial charge in [-0.15, -0.1) is 11.3 Å². The Morgan fingerprint density at radius 1 is 1.50 bits per heavy atom. The lowest BCUT2D eigenvalue weighted by molar-refractivity contribution is -0.137. The van der Waals surface area contributed by atoms with Crippen molar-refractivity contribution in [2.24, 2.45) is 0 Å². The van der Waals surface area contributed by atoms with Crippen molar-refractivity contribution in [1.82, 2.24) is 4.90 Å². The van der Waals surface area contributed by atoms with Crippen molar-refractivity contribution in [2.75, 3.05) is 20.2 Å². The number of aliphatic carboxylic acids is 1. The Labute approximate surface area is 110 Å². The molecule has 1 amide bonds. The molecule has 0 saturated heterocycles. The molecule has 100 valence electrons. The van der Waals surface area contributed by atoms with Crippen molar-refractivity contribution < 1.29 is 19.4 Å². The van der Waals surface area contributed by atoms with Gasteiger partial charge in [-0.2, -0.15) is 0 Å². The number of ether oxygens (including phenoxy) is 1. The lowest BCUT2D eigenvalue weighted by Gasteiger charge is -2.19. The summed E-state index contributed by atoms with van der Waals surface area (Å²) in [7, 11) is 1.58. The van der Waals surface area contributed by atoms with Gasteiger partial charge in [0.05, 0.1) is 17.9 Å². The summed E-state index contributed by atoms with van der Waals surface area (Å²) in [5, 5.41) is 10.5. The van der Waals surface area contributed by atoms with Crippen LogP contribution in [0.5, 0.6) is 0 Å². The molecule has 0 aliphatic rings. The maximum atomic E-state index is 12.2. The van der Waals surface area contributed by atoms with Crippen LogP contribution in [0, 0.1) is 0 Å². The highest BCUT2D eigenvalue weighted by atomic mass is 32.1. The Morgan fingerprint density at radius 3 is 2.78 bits per heavy atom. The Balaban J connectivity index is 2.76. The second-order valence-corrected chi connectivity index (χ2v) is 4.65. The lowest BCUT2D eigenvalue weighted by atomic mass is 10.2. The number of carbonyl (C=O) groups is 2. The van der Waals surface area contributed by atoms with Crippen molar-refractivity contribution in [3.05, 3.63) is 21.9 Å². The molecule has 6 heteroatoms. The second kappa shape index (κ2) is 7.13. The maximum Gasteiger partial charge on any atom is 0.305 e. The van der Waals surface area contributed by atoms with Gasteiger partial charge in [0, 0.05) is 25.8 Å². The number of rotatable bonds is 7. The van der Waals surface area contributed by atoms with Gasteiger partial charge in [0.15, 0.2) is 0 Å². The summed E-state index contributed by atoms with van der Waals surface area (Å²) in [5.41, 5.74) is 0.848. The third kappa shape index (κ3) is 3.82. The number of hydrogen-bond donors (Lipinski definition) is 1. The summed E-state index contributed by atoms with van der Waals surface area (Å²) in [4.78, 5) is 24.9. The molecule has 0 aliphatic carbocycles. The number of thiophene rings is 1. The van der Waals surface area contributed by atoms with Crippen LogP contribution in [0.2, 0.25) is 0 Å². The van der Waals surface area contributed by atoms with E-state index >= 15 is 0 Å². The summed E-state index contributed by atoms with van der Waals surface area (Å²) in [6, 6.07) is 1.85. The van der Waals surface area contributed by atoms with Crippen LogP contribution in [0.3, 0.4) is 0 Å². The largest absolute Gasteiger partial charge is 0.481 e. The number of carboxylic acid groups (broad SMARTS) is 1. The first-order valence-corrected chi connectivity index (χ1v) is 6.54. The van der Waals surface area contributed by atoms with E-state index in [9.17, 15) is 9.59 Å². The van der Waals surface area contributed by atoms with Crippen LogP contribution in [-0.4, -0.2) is 42.1 Å². The molecular formula is C12H17NO4S. The molecule has 1 heterocycles. The predicted molar refractivity (Wildman–Crippen MR) is 68.9 cm³/mol. The minimum absolute atomic E-state index is 0.0371. The standard InChI is InChI=1S/C12H17NO4S/c1-3-13(6-4-10(14)15)12(16)11-9(8-17-2)5-7-18-11/h5,7H,3-4,6,8H2,1-2H3,(H,14,15). The molecular weight excluding hydrogens is 254 g/mol. The number of nitrogens with zero attached hydrogens (tertiary/aromatic N) is 1. The highest BCUT2D eigenvalue weighted by Crippen LogP contribution is 2.20. The van der Waals surface area contributed by atoms with Gasteiger partial charge in [0.25, 0.3) is 5.91 Å². The molecule has 0 bridgehead atoms. The van der Waals surface area contributed by atoms with Gasteiger partial charge in [0.2, 0.25) is 0 Å². The summed E-state index contributed by atoms with van der Waals surface area (Å²) >= 11 is 1.36. The minimum Gasteiger partial charge on any atom is -0.481 e. The monoisotopic (exact) mass is 271 g/mol. The summed E-state index contributed by atoms with van der Waals surface area (Å²) in [5.74, 6) is -1.02. The number of amides is 1. The molecule has 18 heavy (non-hydrogen) atoms. The Morgan fingerprint density at radius 2 is 2.22 bits per heavy atom. The van der Waals surface area contributed by atoms with E-state index in [-0.39, 0.29) is 18.9 Å². The molecule has 1 N–H and O–H groups in total. The molecule has 1 rings (SSSR count). The lowest BCUT2D eigenvalue weighted by Crippen LogP contribution is -2.32. The zero-order valence-corrected chi connectivity index (χ0v) is 11.3. The molecule has 0 fully saturated rings. The van der Waals surface area contributed by atoms with Crippen molar-refractivity contribution in [1.29, 1.82) is 0 Å². The topological polar surface area (TPSA) is 66.8 Å². The molecule has 0 aliphatic heterocycles. The van der Waals surface area contributed by atoms with Crippen LogP contribution in [0.4, 0.5) is 0 Å². The van der Waals surface area contributed by atoms with Crippen molar-refractivity contribution >= 4 is 23.2 Å². The molecule has 1 aromatic rings. The van der Waals surface area contributed by atoms with Crippen molar-refractivity contribution in [2.45, 2.75) is 20.0 Å². The first-order valence-electron chi connectivity index (χ1n) is 5.66. The second-order valence-electron chi connectivity index (χ2n) is 3.74. The average Bonchev–Trinajstić information content (AvgIpc) is 2.78. The molecule has 1 aromatic heterocycles. The fourth-order valence-electron chi connectivity index (χ4n) is 1.57. The van der Waals surface area contributed by atoms with E-state index in [0.717, 1.165) is 5.56 Å². The van der Waals surface area contributed by atoms with Gasteiger partial charge in [0.1, 0.15) is 0 Å². The van der Waals surface area contributed by atoms with E-state index in [1.54, 1.807) is 12.0 Å². The fourth-order valence-corrected chi connectivity index (χ4v) is 2.45. The Bertz CT molecular complexity index is 416. The van der Waals surface area contributed by atoms with E-state index in [1.807, 2.05) is 18.4 Å². The van der Waals surface area contributed by atoms with Crippen molar-refractivity contribution in [3.63, 3.8) is 0 Å². The molecule has 0 saturated carbocycles. The van der Waals surface area contributed by atoms with E-state index in [1.165, 1.54) is 11.3 Å². The number of carboxylic acids is 1. The summed E-state index contributed by atoms with van der Waals surface area (Å²) in [6.45, 7) is 2.95. The Hall–Kier alpha value is -1.40. The first kappa shape index (κ1) is 14.7. The third-order valence-corrected chi connectivity index (χ3v) is 3.45. The molecule has 0 atom stereocenters. The van der Waals surface area contributed by atoms with E-state index in [0.29, 0.717) is 18.0 Å². The quantitative estimate of drug-likeness (QED) is 0.821. The smallest absolute Gasteiger partial charge is 0.305 e. The van der Waals surface area contributed by atoms with Crippen LogP contribution < -0.4 is 0 Å². The highest BCUT2D eigenvalue weighted by Gasteiger charge is 2.19. The zero-order valence-electron chi connectivity index (χ0n) is 10.5. The van der Waals surface area contributed by atoms with E-state index in [2.05, 4.69) is 0 Å². The van der Waals surface area contributed by atoms with Gasteiger partial charge < -0.3 is 14.7 Å². The number of carbonyl (C=O) groups excluding carboxylic acids is 1. The minimum atomic E-state index is -0.899. The molecule has 5 nitrogen and oxygen atoms in total. The fraction of sp³-hybridized carbons (Fsp3) is 0.500. The first-order chi connectivity index (χ1) is 8.60. The number of methoxy groups -OCH3 is 1. The highest BCUT2D eigenvalue weighted by molar-refractivity contribution is 7.12. The van der Waals surface area contributed by atoms with Gasteiger partial charge in [-0.1, -0.05) is 0 Å². The molecule has 0 spiro atoms. The molecule has 0 unspecified atom stereocenters. The normalized spacial score (nSPS) is 10.3. The SMILES string of the molecule is CCN(CCC(=O)O)C(=O)c1sccc1COC. The van der Waals surface area contributed by atoms with Crippen LogP contribution >= 0.6 is 11.3 Å². The molecule has 0 radical (unpaired) electrons. The average molecular weight is 271 g/mol. The summed E-state index contributed by atoms with van der Waals surface area (Å²) < 4.78 is 5.03. The van der Waals surface area contributed by atoms with Gasteiger partial charge in [-0.3, -0.25) is 9.59 Å². The van der Waals surface area contributed by atoms with Gasteiger partial charge in [-0.25, -0.2) is 0 Å². The van der Waals surface area contributed by atoms with E-state index in [4.69, 9.17) is 9.84 Å². The van der Waals surface area contributed by atoms with Gasteiger partial charge in [-0.05, 0) is 18.4 Å². The van der Waals surface area contributed by atoms with Crippen LogP contribution in [0.25, 0.3) is 0 Å².